The number of carbonyl (C=O) groups excluding carboxylic acids is 2. The van der Waals surface area contributed by atoms with Crippen molar-refractivity contribution in [1.29, 1.82) is 0 Å². The zero-order valence-electron chi connectivity index (χ0n) is 14.0. The molecule has 2 amide bonds. The van der Waals surface area contributed by atoms with Crippen LogP contribution in [0.3, 0.4) is 0 Å². The number of benzene rings is 1. The first-order valence-corrected chi connectivity index (χ1v) is 7.72. The Morgan fingerprint density at radius 2 is 2.00 bits per heavy atom. The highest BCUT2D eigenvalue weighted by atomic mass is 19.1. The highest BCUT2D eigenvalue weighted by molar-refractivity contribution is 5.95. The van der Waals surface area contributed by atoms with Gasteiger partial charge in [0.25, 0.3) is 5.91 Å². The van der Waals surface area contributed by atoms with E-state index in [0.717, 1.165) is 0 Å². The van der Waals surface area contributed by atoms with Gasteiger partial charge in [-0.2, -0.15) is 0 Å². The lowest BCUT2D eigenvalue weighted by Gasteiger charge is -2.27. The molecular formula is C18H21FN2O3. The van der Waals surface area contributed by atoms with E-state index in [4.69, 9.17) is 4.42 Å². The number of rotatable bonds is 6. The molecule has 0 spiro atoms. The summed E-state index contributed by atoms with van der Waals surface area (Å²) < 4.78 is 18.3. The third kappa shape index (κ3) is 4.44. The molecule has 0 radical (unpaired) electrons. The molecule has 0 aliphatic carbocycles. The Labute approximate surface area is 140 Å². The van der Waals surface area contributed by atoms with Crippen LogP contribution in [0.5, 0.6) is 0 Å². The number of hydrogen-bond acceptors (Lipinski definition) is 3. The Bertz CT molecular complexity index is 698. The van der Waals surface area contributed by atoms with Gasteiger partial charge < -0.3 is 14.6 Å². The fourth-order valence-corrected chi connectivity index (χ4v) is 2.36. The molecule has 0 aliphatic rings. The minimum absolute atomic E-state index is 0.105. The maximum Gasteiger partial charge on any atom is 0.287 e. The molecule has 128 valence electrons. The van der Waals surface area contributed by atoms with Crippen LogP contribution in [0.15, 0.2) is 47.1 Å². The lowest BCUT2D eigenvalue weighted by Crippen LogP contribution is -2.49. The first kappa shape index (κ1) is 17.7. The fraction of sp³-hybridized carbons (Fsp3) is 0.333. The maximum absolute atomic E-state index is 13.3. The second-order valence-corrected chi connectivity index (χ2v) is 6.00. The van der Waals surface area contributed by atoms with Gasteiger partial charge in [-0.25, -0.2) is 4.39 Å². The smallest absolute Gasteiger partial charge is 0.287 e. The van der Waals surface area contributed by atoms with Crippen molar-refractivity contribution in [3.8, 4) is 0 Å². The predicted octanol–water partition coefficient (Wildman–Crippen LogP) is 2.83. The summed E-state index contributed by atoms with van der Waals surface area (Å²) >= 11 is 0. The van der Waals surface area contributed by atoms with E-state index >= 15 is 0 Å². The van der Waals surface area contributed by atoms with Gasteiger partial charge in [0.2, 0.25) is 5.91 Å². The van der Waals surface area contributed by atoms with Crippen molar-refractivity contribution in [3.05, 3.63) is 59.8 Å². The Morgan fingerprint density at radius 1 is 1.25 bits per heavy atom. The molecule has 1 aromatic heterocycles. The lowest BCUT2D eigenvalue weighted by atomic mass is 10.0. The fourth-order valence-electron chi connectivity index (χ4n) is 2.36. The monoisotopic (exact) mass is 332 g/mol. The number of nitrogens with one attached hydrogen (secondary N) is 1. The first-order valence-electron chi connectivity index (χ1n) is 7.72. The van der Waals surface area contributed by atoms with Crippen LogP contribution >= 0.6 is 0 Å². The van der Waals surface area contributed by atoms with E-state index in [2.05, 4.69) is 5.32 Å². The average molecular weight is 332 g/mol. The molecule has 2 aromatic rings. The number of nitrogens with zero attached hydrogens (tertiary/aromatic N) is 1. The van der Waals surface area contributed by atoms with E-state index in [1.807, 2.05) is 13.8 Å². The summed E-state index contributed by atoms with van der Waals surface area (Å²) in [6.45, 7) is 3.96. The van der Waals surface area contributed by atoms with Gasteiger partial charge in [-0.3, -0.25) is 9.59 Å². The van der Waals surface area contributed by atoms with Gasteiger partial charge >= 0.3 is 0 Å². The SMILES string of the molecule is CC(C)[C@H](NC(=O)c1ccco1)C(=O)N(C)Cc1cccc(F)c1. The van der Waals surface area contributed by atoms with Gasteiger partial charge in [-0.15, -0.1) is 0 Å². The van der Waals surface area contributed by atoms with Gasteiger partial charge in [0.1, 0.15) is 11.9 Å². The van der Waals surface area contributed by atoms with Crippen LogP contribution < -0.4 is 5.32 Å². The minimum atomic E-state index is -0.693. The number of amides is 2. The molecule has 0 saturated heterocycles. The molecule has 0 aliphatic heterocycles. The zero-order chi connectivity index (χ0) is 17.7. The molecule has 24 heavy (non-hydrogen) atoms. The van der Waals surface area contributed by atoms with Crippen LogP contribution in [0, 0.1) is 11.7 Å². The van der Waals surface area contributed by atoms with Gasteiger partial charge in [-0.1, -0.05) is 26.0 Å². The third-order valence-electron chi connectivity index (χ3n) is 3.65. The minimum Gasteiger partial charge on any atom is -0.459 e. The second-order valence-electron chi connectivity index (χ2n) is 6.00. The van der Waals surface area contributed by atoms with Crippen molar-refractivity contribution < 1.29 is 18.4 Å². The van der Waals surface area contributed by atoms with Crippen LogP contribution in [0.1, 0.15) is 30.0 Å². The van der Waals surface area contributed by atoms with Gasteiger partial charge in [-0.05, 0) is 35.7 Å². The van der Waals surface area contributed by atoms with Crippen molar-refractivity contribution in [2.75, 3.05) is 7.05 Å². The van der Waals surface area contributed by atoms with E-state index in [1.165, 1.54) is 29.4 Å². The molecule has 0 saturated carbocycles. The molecule has 5 nitrogen and oxygen atoms in total. The molecule has 1 aromatic carbocycles. The summed E-state index contributed by atoms with van der Waals surface area (Å²) in [5.41, 5.74) is 0.686. The van der Waals surface area contributed by atoms with E-state index < -0.39 is 11.9 Å². The van der Waals surface area contributed by atoms with E-state index in [9.17, 15) is 14.0 Å². The van der Waals surface area contributed by atoms with Crippen LogP contribution in [0.4, 0.5) is 4.39 Å². The van der Waals surface area contributed by atoms with Crippen molar-refractivity contribution in [1.82, 2.24) is 10.2 Å². The second kappa shape index (κ2) is 7.77. The molecule has 1 atom stereocenters. The molecule has 0 unspecified atom stereocenters. The van der Waals surface area contributed by atoms with Crippen molar-refractivity contribution in [2.24, 2.45) is 5.92 Å². The lowest BCUT2D eigenvalue weighted by molar-refractivity contribution is -0.133. The molecule has 0 fully saturated rings. The van der Waals surface area contributed by atoms with E-state index in [1.54, 1.807) is 25.2 Å². The highest BCUT2D eigenvalue weighted by Crippen LogP contribution is 2.11. The summed E-state index contributed by atoms with van der Waals surface area (Å²) in [5.74, 6) is -0.979. The zero-order valence-corrected chi connectivity index (χ0v) is 14.0. The summed E-state index contributed by atoms with van der Waals surface area (Å²) in [6.07, 6.45) is 1.40. The van der Waals surface area contributed by atoms with Crippen LogP contribution in [-0.2, 0) is 11.3 Å². The Kier molecular flexibility index (Phi) is 5.73. The normalized spacial score (nSPS) is 12.0. The number of likely N-dealkylation sites (N-methyl/N-ethyl adjacent to an activating group) is 1. The maximum atomic E-state index is 13.3. The standard InChI is InChI=1S/C18H21FN2O3/c1-12(2)16(20-17(22)15-8-5-9-24-15)18(23)21(3)11-13-6-4-7-14(19)10-13/h4-10,12,16H,11H2,1-3H3,(H,20,22)/t16-/m0/s1. The van der Waals surface area contributed by atoms with Gasteiger partial charge in [0.05, 0.1) is 6.26 Å². The highest BCUT2D eigenvalue weighted by Gasteiger charge is 2.28. The summed E-state index contributed by atoms with van der Waals surface area (Å²) in [5, 5.41) is 2.70. The van der Waals surface area contributed by atoms with Crippen molar-refractivity contribution in [3.63, 3.8) is 0 Å². The van der Waals surface area contributed by atoms with Crippen LogP contribution in [0.2, 0.25) is 0 Å². The Morgan fingerprint density at radius 3 is 2.58 bits per heavy atom. The molecule has 0 bridgehead atoms. The summed E-state index contributed by atoms with van der Waals surface area (Å²) in [4.78, 5) is 26.3. The number of halogens is 1. The number of hydrogen-bond donors (Lipinski definition) is 1. The predicted molar refractivity (Wildman–Crippen MR) is 87.7 cm³/mol. The van der Waals surface area contributed by atoms with Gasteiger partial charge in [0.15, 0.2) is 5.76 Å². The van der Waals surface area contributed by atoms with E-state index in [-0.39, 0.29) is 29.9 Å². The third-order valence-corrected chi connectivity index (χ3v) is 3.65. The molecule has 1 heterocycles. The molecule has 2 rings (SSSR count). The molecule has 6 heteroatoms. The number of carbonyl (C=O) groups is 2. The topological polar surface area (TPSA) is 62.6 Å². The first-order chi connectivity index (χ1) is 11.4. The number of furan rings is 1. The van der Waals surface area contributed by atoms with Crippen LogP contribution in [-0.4, -0.2) is 29.8 Å². The Balaban J connectivity index is 2.06. The van der Waals surface area contributed by atoms with Crippen LogP contribution in [0.25, 0.3) is 0 Å². The largest absolute Gasteiger partial charge is 0.459 e. The molecule has 1 N–H and O–H groups in total. The summed E-state index contributed by atoms with van der Waals surface area (Å²) in [6, 6.07) is 8.54. The average Bonchev–Trinajstić information content (AvgIpc) is 3.06. The molecular weight excluding hydrogens is 311 g/mol. The van der Waals surface area contributed by atoms with Gasteiger partial charge in [0, 0.05) is 13.6 Å². The quantitative estimate of drug-likeness (QED) is 0.885. The summed E-state index contributed by atoms with van der Waals surface area (Å²) in [7, 11) is 1.63. The van der Waals surface area contributed by atoms with Crippen molar-refractivity contribution >= 4 is 11.8 Å². The Hall–Kier alpha value is -2.63. The van der Waals surface area contributed by atoms with E-state index in [0.29, 0.717) is 5.56 Å². The van der Waals surface area contributed by atoms with Crippen molar-refractivity contribution in [2.45, 2.75) is 26.4 Å².